The Balaban J connectivity index is 3.31. The van der Waals surface area contributed by atoms with Gasteiger partial charge in [0.05, 0.1) is 19.8 Å². The lowest BCUT2D eigenvalue weighted by Gasteiger charge is -2.17. The van der Waals surface area contributed by atoms with Gasteiger partial charge in [-0.1, -0.05) is 41.5 Å². The molecular formula is C17H34O4. The fourth-order valence-electron chi connectivity index (χ4n) is 1.46. The highest BCUT2D eigenvalue weighted by Gasteiger charge is 2.13. The number of carbonyl (C=O) groups excluding carboxylic acids is 1. The summed E-state index contributed by atoms with van der Waals surface area (Å²) in [5, 5.41) is 0. The maximum Gasteiger partial charge on any atom is 0.305 e. The van der Waals surface area contributed by atoms with E-state index in [0.717, 1.165) is 19.4 Å². The first kappa shape index (κ1) is 20.4. The first-order chi connectivity index (χ1) is 9.60. The van der Waals surface area contributed by atoms with Gasteiger partial charge in [-0.3, -0.25) is 4.79 Å². The molecule has 0 aromatic rings. The third-order valence-electron chi connectivity index (χ3n) is 2.94. The molecule has 0 spiro atoms. The normalized spacial score (nSPS) is 12.5. The van der Waals surface area contributed by atoms with Gasteiger partial charge in [-0.2, -0.15) is 0 Å². The minimum Gasteiger partial charge on any atom is -0.463 e. The van der Waals surface area contributed by atoms with Crippen LogP contribution in [0.4, 0.5) is 0 Å². The highest BCUT2D eigenvalue weighted by Crippen LogP contribution is 2.20. The monoisotopic (exact) mass is 302 g/mol. The molecule has 21 heavy (non-hydrogen) atoms. The molecule has 4 nitrogen and oxygen atoms in total. The summed E-state index contributed by atoms with van der Waals surface area (Å²) >= 11 is 0. The molecule has 0 radical (unpaired) electrons. The van der Waals surface area contributed by atoms with Crippen LogP contribution >= 0.6 is 0 Å². The molecule has 0 aliphatic heterocycles. The third-order valence-corrected chi connectivity index (χ3v) is 2.94. The lowest BCUT2D eigenvalue weighted by Crippen LogP contribution is -2.15. The molecule has 0 aliphatic rings. The molecule has 0 atom stereocenters. The van der Waals surface area contributed by atoms with Crippen molar-refractivity contribution in [2.45, 2.75) is 60.8 Å². The van der Waals surface area contributed by atoms with E-state index in [2.05, 4.69) is 41.5 Å². The molecule has 0 aliphatic carbocycles. The minimum absolute atomic E-state index is 0.144. The summed E-state index contributed by atoms with van der Waals surface area (Å²) in [7, 11) is 0. The number of rotatable bonds is 10. The van der Waals surface area contributed by atoms with Crippen molar-refractivity contribution in [2.75, 3.05) is 33.0 Å². The van der Waals surface area contributed by atoms with Crippen LogP contribution in [0.5, 0.6) is 0 Å². The fourth-order valence-corrected chi connectivity index (χ4v) is 1.46. The zero-order chi connectivity index (χ0) is 16.4. The average Bonchev–Trinajstić information content (AvgIpc) is 2.32. The lowest BCUT2D eigenvalue weighted by atomic mass is 9.91. The summed E-state index contributed by atoms with van der Waals surface area (Å²) < 4.78 is 15.9. The molecule has 0 N–H and O–H groups in total. The number of carbonyl (C=O) groups is 1. The van der Waals surface area contributed by atoms with Gasteiger partial charge in [0.15, 0.2) is 0 Å². The smallest absolute Gasteiger partial charge is 0.305 e. The predicted molar refractivity (Wildman–Crippen MR) is 85.4 cm³/mol. The molecule has 0 bridgehead atoms. The highest BCUT2D eigenvalue weighted by atomic mass is 16.6. The summed E-state index contributed by atoms with van der Waals surface area (Å²) in [6.07, 6.45) is 2.35. The number of hydrogen-bond donors (Lipinski definition) is 0. The Kier molecular flexibility index (Phi) is 9.88. The Bertz CT molecular complexity index is 273. The Labute approximate surface area is 130 Å². The van der Waals surface area contributed by atoms with Crippen molar-refractivity contribution < 1.29 is 19.0 Å². The van der Waals surface area contributed by atoms with Crippen molar-refractivity contribution in [3.63, 3.8) is 0 Å². The quantitative estimate of drug-likeness (QED) is 0.454. The van der Waals surface area contributed by atoms with Crippen molar-refractivity contribution in [3.8, 4) is 0 Å². The van der Waals surface area contributed by atoms with E-state index in [1.54, 1.807) is 0 Å². The van der Waals surface area contributed by atoms with E-state index in [-0.39, 0.29) is 11.4 Å². The van der Waals surface area contributed by atoms with Gasteiger partial charge in [0.25, 0.3) is 0 Å². The number of esters is 1. The van der Waals surface area contributed by atoms with Crippen LogP contribution in [0.1, 0.15) is 60.8 Å². The van der Waals surface area contributed by atoms with E-state index in [0.29, 0.717) is 38.3 Å². The van der Waals surface area contributed by atoms with Gasteiger partial charge >= 0.3 is 5.97 Å². The number of hydrogen-bond acceptors (Lipinski definition) is 4. The Morgan fingerprint density at radius 3 is 1.71 bits per heavy atom. The molecule has 0 aromatic carbocycles. The molecule has 0 heterocycles. The summed E-state index contributed by atoms with van der Waals surface area (Å²) in [5.74, 6) is -0.144. The molecule has 0 fully saturated rings. The molecule has 0 rings (SSSR count). The summed E-state index contributed by atoms with van der Waals surface area (Å²) in [6.45, 7) is 15.6. The Morgan fingerprint density at radius 2 is 1.19 bits per heavy atom. The van der Waals surface area contributed by atoms with Crippen LogP contribution < -0.4 is 0 Å². The van der Waals surface area contributed by atoms with Crippen molar-refractivity contribution in [2.24, 2.45) is 10.8 Å². The molecule has 0 amide bonds. The minimum atomic E-state index is -0.144. The second kappa shape index (κ2) is 10.2. The van der Waals surface area contributed by atoms with Gasteiger partial charge in [-0.25, -0.2) is 0 Å². The second-order valence-corrected chi connectivity index (χ2v) is 7.82. The van der Waals surface area contributed by atoms with Crippen molar-refractivity contribution >= 4 is 5.97 Å². The number of ether oxygens (including phenoxy) is 3. The van der Waals surface area contributed by atoms with Crippen LogP contribution in [0.2, 0.25) is 0 Å². The van der Waals surface area contributed by atoms with Crippen LogP contribution in [0.25, 0.3) is 0 Å². The van der Waals surface area contributed by atoms with E-state index in [1.165, 1.54) is 0 Å². The summed E-state index contributed by atoms with van der Waals surface area (Å²) in [4.78, 5) is 11.5. The predicted octanol–water partition coefficient (Wildman–Crippen LogP) is 3.83. The maximum absolute atomic E-state index is 11.5. The molecule has 0 unspecified atom stereocenters. The van der Waals surface area contributed by atoms with Crippen LogP contribution in [-0.4, -0.2) is 39.0 Å². The lowest BCUT2D eigenvalue weighted by molar-refractivity contribution is -0.145. The van der Waals surface area contributed by atoms with Crippen molar-refractivity contribution in [3.05, 3.63) is 0 Å². The fraction of sp³-hybridized carbons (Fsp3) is 0.941. The largest absolute Gasteiger partial charge is 0.463 e. The Morgan fingerprint density at radius 1 is 0.714 bits per heavy atom. The van der Waals surface area contributed by atoms with E-state index < -0.39 is 0 Å². The van der Waals surface area contributed by atoms with Crippen molar-refractivity contribution in [1.29, 1.82) is 0 Å². The third kappa shape index (κ3) is 17.3. The highest BCUT2D eigenvalue weighted by molar-refractivity contribution is 5.69. The average molecular weight is 302 g/mol. The molecule has 0 saturated heterocycles. The van der Waals surface area contributed by atoms with Gasteiger partial charge in [-0.15, -0.1) is 0 Å². The van der Waals surface area contributed by atoms with Gasteiger partial charge in [-0.05, 0) is 23.7 Å². The SMILES string of the molecule is CC(C)(C)CCOCCOCCOC(=O)CCC(C)(C)C. The molecule has 0 aromatic heterocycles. The van der Waals surface area contributed by atoms with E-state index in [4.69, 9.17) is 14.2 Å². The van der Waals surface area contributed by atoms with E-state index in [1.807, 2.05) is 0 Å². The zero-order valence-electron chi connectivity index (χ0n) is 14.8. The maximum atomic E-state index is 11.5. The van der Waals surface area contributed by atoms with E-state index >= 15 is 0 Å². The van der Waals surface area contributed by atoms with Crippen LogP contribution in [0.3, 0.4) is 0 Å². The second-order valence-electron chi connectivity index (χ2n) is 7.82. The first-order valence-corrected chi connectivity index (χ1v) is 7.91. The van der Waals surface area contributed by atoms with Gasteiger partial charge in [0.1, 0.15) is 6.61 Å². The first-order valence-electron chi connectivity index (χ1n) is 7.91. The molecule has 126 valence electrons. The summed E-state index contributed by atoms with van der Waals surface area (Å²) in [6, 6.07) is 0. The van der Waals surface area contributed by atoms with E-state index in [9.17, 15) is 4.79 Å². The standard InChI is InChI=1S/C17H34O4/c1-16(2,3)8-7-15(18)21-14-13-20-12-11-19-10-9-17(4,5)6/h7-14H2,1-6H3. The molecular weight excluding hydrogens is 268 g/mol. The van der Waals surface area contributed by atoms with Gasteiger partial charge in [0, 0.05) is 13.0 Å². The molecule has 4 heteroatoms. The van der Waals surface area contributed by atoms with Crippen molar-refractivity contribution in [1.82, 2.24) is 0 Å². The topological polar surface area (TPSA) is 44.8 Å². The molecule has 0 saturated carbocycles. The van der Waals surface area contributed by atoms with Crippen LogP contribution in [0, 0.1) is 10.8 Å². The van der Waals surface area contributed by atoms with Crippen LogP contribution in [-0.2, 0) is 19.0 Å². The van der Waals surface area contributed by atoms with Gasteiger partial charge < -0.3 is 14.2 Å². The zero-order valence-corrected chi connectivity index (χ0v) is 14.8. The Hall–Kier alpha value is -0.610. The summed E-state index contributed by atoms with van der Waals surface area (Å²) in [5.41, 5.74) is 0.474. The van der Waals surface area contributed by atoms with Crippen LogP contribution in [0.15, 0.2) is 0 Å². The van der Waals surface area contributed by atoms with Gasteiger partial charge in [0.2, 0.25) is 0 Å².